The molecule has 2 unspecified atom stereocenters. The first-order chi connectivity index (χ1) is 9.54. The van der Waals surface area contributed by atoms with Gasteiger partial charge in [-0.25, -0.2) is 0 Å². The number of hydrogen-bond acceptors (Lipinski definition) is 2. The highest BCUT2D eigenvalue weighted by atomic mass is 16.2. The van der Waals surface area contributed by atoms with Crippen LogP contribution in [0.25, 0.3) is 0 Å². The van der Waals surface area contributed by atoms with E-state index in [-0.39, 0.29) is 23.9 Å². The Morgan fingerprint density at radius 2 is 1.85 bits per heavy atom. The second-order valence-corrected chi connectivity index (χ2v) is 6.70. The van der Waals surface area contributed by atoms with Crippen molar-refractivity contribution in [2.75, 3.05) is 6.54 Å². The van der Waals surface area contributed by atoms with E-state index in [1.54, 1.807) is 0 Å². The van der Waals surface area contributed by atoms with Gasteiger partial charge < -0.3 is 10.2 Å². The maximum Gasteiger partial charge on any atom is 0.245 e. The van der Waals surface area contributed by atoms with Gasteiger partial charge in [-0.3, -0.25) is 9.59 Å². The van der Waals surface area contributed by atoms with Crippen molar-refractivity contribution in [3.63, 3.8) is 0 Å². The van der Waals surface area contributed by atoms with Crippen molar-refractivity contribution in [2.45, 2.75) is 71.4 Å². The van der Waals surface area contributed by atoms with Gasteiger partial charge in [-0.15, -0.1) is 0 Å². The van der Waals surface area contributed by atoms with E-state index in [1.807, 2.05) is 11.8 Å². The summed E-state index contributed by atoms with van der Waals surface area (Å²) in [5.74, 6) is 0.943. The van der Waals surface area contributed by atoms with Crippen LogP contribution in [0.2, 0.25) is 0 Å². The van der Waals surface area contributed by atoms with E-state index in [0.29, 0.717) is 24.8 Å². The molecule has 20 heavy (non-hydrogen) atoms. The highest BCUT2D eigenvalue weighted by molar-refractivity contribution is 5.97. The van der Waals surface area contributed by atoms with Gasteiger partial charge in [-0.1, -0.05) is 40.0 Å². The lowest BCUT2D eigenvalue weighted by molar-refractivity contribution is -0.152. The SMILES string of the molecule is CCC1NC(=O)C(C2CCCCC2)N(CC(C)C)C1=O. The van der Waals surface area contributed by atoms with Crippen LogP contribution in [-0.4, -0.2) is 35.3 Å². The minimum Gasteiger partial charge on any atom is -0.343 e. The predicted molar refractivity (Wildman–Crippen MR) is 79.1 cm³/mol. The van der Waals surface area contributed by atoms with Gasteiger partial charge in [0.15, 0.2) is 0 Å². The Morgan fingerprint density at radius 3 is 2.40 bits per heavy atom. The maximum atomic E-state index is 12.6. The molecule has 0 aromatic carbocycles. The molecule has 2 fully saturated rings. The van der Waals surface area contributed by atoms with Gasteiger partial charge in [-0.05, 0) is 31.1 Å². The fourth-order valence-electron chi connectivity index (χ4n) is 3.59. The number of carbonyl (C=O) groups is 2. The smallest absolute Gasteiger partial charge is 0.245 e. The first kappa shape index (κ1) is 15.3. The zero-order valence-corrected chi connectivity index (χ0v) is 13.0. The van der Waals surface area contributed by atoms with E-state index in [0.717, 1.165) is 12.8 Å². The Hall–Kier alpha value is -1.06. The van der Waals surface area contributed by atoms with Gasteiger partial charge in [0.05, 0.1) is 0 Å². The lowest BCUT2D eigenvalue weighted by Crippen LogP contribution is -2.65. The van der Waals surface area contributed by atoms with Gasteiger partial charge in [-0.2, -0.15) is 0 Å². The van der Waals surface area contributed by atoms with Gasteiger partial charge in [0, 0.05) is 6.54 Å². The van der Waals surface area contributed by atoms with Crippen LogP contribution in [0.4, 0.5) is 0 Å². The van der Waals surface area contributed by atoms with Crippen LogP contribution in [0, 0.1) is 11.8 Å². The largest absolute Gasteiger partial charge is 0.343 e. The molecule has 2 atom stereocenters. The van der Waals surface area contributed by atoms with Crippen LogP contribution in [-0.2, 0) is 9.59 Å². The topological polar surface area (TPSA) is 49.4 Å². The normalized spacial score (nSPS) is 28.9. The van der Waals surface area contributed by atoms with Crippen LogP contribution < -0.4 is 5.32 Å². The number of amides is 2. The average Bonchev–Trinajstić information content (AvgIpc) is 2.43. The Morgan fingerprint density at radius 1 is 1.20 bits per heavy atom. The summed E-state index contributed by atoms with van der Waals surface area (Å²) in [6, 6.07) is -0.547. The molecule has 2 amide bonds. The molecule has 114 valence electrons. The molecule has 2 aliphatic rings. The zero-order valence-electron chi connectivity index (χ0n) is 13.0. The van der Waals surface area contributed by atoms with Crippen LogP contribution in [0.3, 0.4) is 0 Å². The van der Waals surface area contributed by atoms with Crippen molar-refractivity contribution in [2.24, 2.45) is 11.8 Å². The number of piperazine rings is 1. The third kappa shape index (κ3) is 3.15. The zero-order chi connectivity index (χ0) is 14.7. The summed E-state index contributed by atoms with van der Waals surface area (Å²) in [5.41, 5.74) is 0. The third-order valence-corrected chi connectivity index (χ3v) is 4.57. The molecule has 1 aliphatic carbocycles. The second kappa shape index (κ2) is 6.59. The first-order valence-corrected chi connectivity index (χ1v) is 8.15. The summed E-state index contributed by atoms with van der Waals surface area (Å²) in [4.78, 5) is 27.0. The quantitative estimate of drug-likeness (QED) is 0.859. The lowest BCUT2D eigenvalue weighted by atomic mass is 9.81. The average molecular weight is 280 g/mol. The van der Waals surface area contributed by atoms with Crippen molar-refractivity contribution < 1.29 is 9.59 Å². The number of carbonyl (C=O) groups excluding carboxylic acids is 2. The fourth-order valence-corrected chi connectivity index (χ4v) is 3.59. The number of hydrogen-bond donors (Lipinski definition) is 1. The molecule has 0 aromatic rings. The maximum absolute atomic E-state index is 12.6. The van der Waals surface area contributed by atoms with Crippen molar-refractivity contribution >= 4 is 11.8 Å². The summed E-state index contributed by atoms with van der Waals surface area (Å²) < 4.78 is 0. The van der Waals surface area contributed by atoms with Crippen molar-refractivity contribution in [1.29, 1.82) is 0 Å². The Balaban J connectivity index is 2.20. The second-order valence-electron chi connectivity index (χ2n) is 6.70. The summed E-state index contributed by atoms with van der Waals surface area (Å²) >= 11 is 0. The number of nitrogens with one attached hydrogen (secondary N) is 1. The van der Waals surface area contributed by atoms with Crippen molar-refractivity contribution in [1.82, 2.24) is 10.2 Å². The molecule has 0 spiro atoms. The molecule has 1 aliphatic heterocycles. The number of nitrogens with zero attached hydrogens (tertiary/aromatic N) is 1. The minimum atomic E-state index is -0.318. The summed E-state index contributed by atoms with van der Waals surface area (Å²) in [5, 5.41) is 2.94. The molecule has 0 radical (unpaired) electrons. The summed E-state index contributed by atoms with van der Waals surface area (Å²) in [6.45, 7) is 6.87. The van der Waals surface area contributed by atoms with E-state index in [2.05, 4.69) is 19.2 Å². The highest BCUT2D eigenvalue weighted by Crippen LogP contribution is 2.31. The molecule has 0 bridgehead atoms. The minimum absolute atomic E-state index is 0.0731. The molecular formula is C16H28N2O2. The van der Waals surface area contributed by atoms with Crippen molar-refractivity contribution in [3.8, 4) is 0 Å². The molecule has 1 saturated carbocycles. The van der Waals surface area contributed by atoms with Gasteiger partial charge in [0.1, 0.15) is 12.1 Å². The summed E-state index contributed by atoms with van der Waals surface area (Å²) in [6.07, 6.45) is 6.48. The van der Waals surface area contributed by atoms with E-state index >= 15 is 0 Å². The van der Waals surface area contributed by atoms with Crippen LogP contribution in [0.15, 0.2) is 0 Å². The molecule has 1 saturated heterocycles. The highest BCUT2D eigenvalue weighted by Gasteiger charge is 2.43. The fraction of sp³-hybridized carbons (Fsp3) is 0.875. The molecular weight excluding hydrogens is 252 g/mol. The van der Waals surface area contributed by atoms with Gasteiger partial charge in [0.25, 0.3) is 0 Å². The third-order valence-electron chi connectivity index (χ3n) is 4.57. The molecule has 1 heterocycles. The number of rotatable bonds is 4. The first-order valence-electron chi connectivity index (χ1n) is 8.15. The molecule has 4 nitrogen and oxygen atoms in total. The van der Waals surface area contributed by atoms with E-state index in [1.165, 1.54) is 19.3 Å². The van der Waals surface area contributed by atoms with Gasteiger partial charge in [0.2, 0.25) is 11.8 Å². The van der Waals surface area contributed by atoms with E-state index in [4.69, 9.17) is 0 Å². The molecule has 2 rings (SSSR count). The Kier molecular flexibility index (Phi) is 5.06. The predicted octanol–water partition coefficient (Wildman–Crippen LogP) is 2.33. The molecule has 4 heteroatoms. The van der Waals surface area contributed by atoms with E-state index in [9.17, 15) is 9.59 Å². The van der Waals surface area contributed by atoms with Crippen LogP contribution in [0.1, 0.15) is 59.3 Å². The molecule has 1 N–H and O–H groups in total. The van der Waals surface area contributed by atoms with Gasteiger partial charge >= 0.3 is 0 Å². The lowest BCUT2D eigenvalue weighted by Gasteiger charge is -2.44. The Bertz CT molecular complexity index is 361. The van der Waals surface area contributed by atoms with Crippen LogP contribution >= 0.6 is 0 Å². The molecule has 0 aromatic heterocycles. The van der Waals surface area contributed by atoms with E-state index < -0.39 is 0 Å². The summed E-state index contributed by atoms with van der Waals surface area (Å²) in [7, 11) is 0. The van der Waals surface area contributed by atoms with Crippen molar-refractivity contribution in [3.05, 3.63) is 0 Å². The Labute approximate surface area is 122 Å². The monoisotopic (exact) mass is 280 g/mol. The van der Waals surface area contributed by atoms with Crippen LogP contribution in [0.5, 0.6) is 0 Å². The standard InChI is InChI=1S/C16H28N2O2/c1-4-13-16(20)18(10-11(2)3)14(15(19)17-13)12-8-6-5-7-9-12/h11-14H,4-10H2,1-3H3,(H,17,19).